The molecule has 10 nitrogen and oxygen atoms in total. The largest absolute Gasteiger partial charge is 0.467 e. The minimum absolute atomic E-state index is 0.0709. The van der Waals surface area contributed by atoms with Gasteiger partial charge >= 0.3 is 5.97 Å². The van der Waals surface area contributed by atoms with Crippen molar-refractivity contribution >= 4 is 27.6 Å². The Morgan fingerprint density at radius 3 is 2.10 bits per heavy atom. The molecule has 1 aromatic carbocycles. The van der Waals surface area contributed by atoms with Crippen LogP contribution in [-0.2, 0) is 24.3 Å². The molecule has 0 spiro atoms. The first-order valence-corrected chi connectivity index (χ1v) is 11.0. The van der Waals surface area contributed by atoms with Crippen molar-refractivity contribution in [2.24, 2.45) is 11.8 Å². The number of sulfonamides is 1. The van der Waals surface area contributed by atoms with E-state index in [1.165, 1.54) is 19.2 Å². The molecule has 30 heavy (non-hydrogen) atoms. The van der Waals surface area contributed by atoms with E-state index in [0.717, 1.165) is 12.1 Å². The highest BCUT2D eigenvalue weighted by Crippen LogP contribution is 2.23. The summed E-state index contributed by atoms with van der Waals surface area (Å²) in [5.74, 6) is -1.35. The molecular weight excluding hydrogens is 414 g/mol. The maximum atomic E-state index is 12.8. The van der Waals surface area contributed by atoms with Gasteiger partial charge in [0.25, 0.3) is 5.69 Å². The van der Waals surface area contributed by atoms with Crippen molar-refractivity contribution in [1.82, 2.24) is 10.0 Å². The van der Waals surface area contributed by atoms with Gasteiger partial charge in [-0.25, -0.2) is 13.2 Å². The molecule has 2 unspecified atom stereocenters. The monoisotopic (exact) mass is 443 g/mol. The van der Waals surface area contributed by atoms with E-state index >= 15 is 0 Å². The normalized spacial score (nSPS) is 13.7. The molecule has 0 aromatic heterocycles. The summed E-state index contributed by atoms with van der Waals surface area (Å²) >= 11 is 0. The van der Waals surface area contributed by atoms with Crippen LogP contribution in [0.5, 0.6) is 0 Å². The van der Waals surface area contributed by atoms with Gasteiger partial charge in [-0.3, -0.25) is 14.9 Å². The maximum Gasteiger partial charge on any atom is 0.328 e. The van der Waals surface area contributed by atoms with Gasteiger partial charge in [0.1, 0.15) is 12.1 Å². The fourth-order valence-corrected chi connectivity index (χ4v) is 4.25. The van der Waals surface area contributed by atoms with Gasteiger partial charge in [-0.05, 0) is 30.7 Å². The van der Waals surface area contributed by atoms with Crippen LogP contribution >= 0.6 is 0 Å². The molecule has 0 radical (unpaired) electrons. The minimum atomic E-state index is -4.38. The Morgan fingerprint density at radius 2 is 1.60 bits per heavy atom. The Bertz CT molecular complexity index is 869. The zero-order valence-electron chi connectivity index (χ0n) is 17.7. The fraction of sp³-hybridized carbons (Fsp3) is 0.579. The number of para-hydroxylation sites is 1. The molecule has 2 N–H and O–H groups in total. The molecular formula is C19H29N3O7S. The summed E-state index contributed by atoms with van der Waals surface area (Å²) in [6, 6.07) is 2.71. The molecule has 0 aliphatic rings. The van der Waals surface area contributed by atoms with Crippen LogP contribution < -0.4 is 10.0 Å². The number of nitrogens with one attached hydrogen (secondary N) is 2. The number of ether oxygens (including phenoxy) is 1. The number of nitro groups is 1. The number of carbonyl (C=O) groups is 2. The Kier molecular flexibility index (Phi) is 9.37. The van der Waals surface area contributed by atoms with E-state index in [1.54, 1.807) is 13.8 Å². The number of nitrogens with zero attached hydrogens (tertiary/aromatic N) is 1. The number of esters is 1. The molecule has 2 atom stereocenters. The van der Waals surface area contributed by atoms with Crippen molar-refractivity contribution in [3.05, 3.63) is 34.4 Å². The average molecular weight is 444 g/mol. The van der Waals surface area contributed by atoms with Crippen LogP contribution in [-0.4, -0.2) is 44.4 Å². The number of rotatable bonds is 11. The predicted molar refractivity (Wildman–Crippen MR) is 110 cm³/mol. The summed E-state index contributed by atoms with van der Waals surface area (Å²) in [6.45, 7) is 7.33. The first kappa shape index (κ1) is 25.5. The number of carbonyl (C=O) groups excluding carboxylic acids is 2. The van der Waals surface area contributed by atoms with Crippen molar-refractivity contribution in [1.29, 1.82) is 0 Å². The fourth-order valence-electron chi connectivity index (χ4n) is 2.87. The molecule has 0 fully saturated rings. The van der Waals surface area contributed by atoms with Crippen LogP contribution in [0.2, 0.25) is 0 Å². The van der Waals surface area contributed by atoms with Crippen LogP contribution in [0.15, 0.2) is 29.2 Å². The van der Waals surface area contributed by atoms with Crippen molar-refractivity contribution in [3.63, 3.8) is 0 Å². The third-order valence-corrected chi connectivity index (χ3v) is 5.70. The molecule has 0 saturated heterocycles. The Morgan fingerprint density at radius 1 is 1.07 bits per heavy atom. The molecule has 0 saturated carbocycles. The highest BCUT2D eigenvalue weighted by molar-refractivity contribution is 7.89. The molecule has 1 rings (SSSR count). The van der Waals surface area contributed by atoms with Gasteiger partial charge in [-0.1, -0.05) is 39.8 Å². The van der Waals surface area contributed by atoms with Crippen LogP contribution in [0.1, 0.15) is 40.5 Å². The van der Waals surface area contributed by atoms with Gasteiger partial charge in [-0.15, -0.1) is 0 Å². The Balaban J connectivity index is 3.19. The first-order chi connectivity index (χ1) is 13.9. The smallest absolute Gasteiger partial charge is 0.328 e. The average Bonchev–Trinajstić information content (AvgIpc) is 2.65. The van der Waals surface area contributed by atoms with Gasteiger partial charge in [0, 0.05) is 6.07 Å². The zero-order valence-corrected chi connectivity index (χ0v) is 18.6. The Labute approximate surface area is 176 Å². The number of hydrogen-bond acceptors (Lipinski definition) is 7. The quantitative estimate of drug-likeness (QED) is 0.302. The highest BCUT2D eigenvalue weighted by atomic mass is 32.2. The van der Waals surface area contributed by atoms with E-state index in [2.05, 4.69) is 10.0 Å². The van der Waals surface area contributed by atoms with Crippen LogP contribution in [0.25, 0.3) is 0 Å². The molecule has 1 aromatic rings. The summed E-state index contributed by atoms with van der Waals surface area (Å²) in [6.07, 6.45) is 0.436. The molecule has 1 amide bonds. The summed E-state index contributed by atoms with van der Waals surface area (Å²) in [4.78, 5) is 34.7. The second-order valence-electron chi connectivity index (χ2n) is 7.74. The van der Waals surface area contributed by atoms with Gasteiger partial charge in [0.05, 0.1) is 12.0 Å². The predicted octanol–water partition coefficient (Wildman–Crippen LogP) is 1.99. The lowest BCUT2D eigenvalue weighted by Gasteiger charge is -2.24. The van der Waals surface area contributed by atoms with Crippen molar-refractivity contribution < 1.29 is 27.7 Å². The standard InChI is InChI=1S/C19H29N3O7S/c1-12(2)10-14(18(23)20-15(11-13(3)4)19(24)29-5)21-30(27,28)17-9-7-6-8-16(17)22(25)26/h6-9,12-15,21H,10-11H2,1-5H3,(H,20,23). The molecule has 0 bridgehead atoms. The van der Waals surface area contributed by atoms with Gasteiger partial charge < -0.3 is 10.1 Å². The maximum absolute atomic E-state index is 12.8. The van der Waals surface area contributed by atoms with E-state index in [-0.39, 0.29) is 18.3 Å². The minimum Gasteiger partial charge on any atom is -0.467 e. The molecule has 11 heteroatoms. The lowest BCUT2D eigenvalue weighted by Crippen LogP contribution is -2.52. The van der Waals surface area contributed by atoms with E-state index in [0.29, 0.717) is 6.42 Å². The van der Waals surface area contributed by atoms with Crippen molar-refractivity contribution in [2.45, 2.75) is 57.5 Å². The number of methoxy groups -OCH3 is 1. The second kappa shape index (κ2) is 11.0. The lowest BCUT2D eigenvalue weighted by molar-refractivity contribution is -0.387. The number of nitro benzene ring substituents is 1. The topological polar surface area (TPSA) is 145 Å². The Hall–Kier alpha value is -2.53. The van der Waals surface area contributed by atoms with Crippen molar-refractivity contribution in [3.8, 4) is 0 Å². The number of benzene rings is 1. The van der Waals surface area contributed by atoms with Crippen molar-refractivity contribution in [2.75, 3.05) is 7.11 Å². The van der Waals surface area contributed by atoms with Gasteiger partial charge in [-0.2, -0.15) is 4.72 Å². The zero-order chi connectivity index (χ0) is 23.1. The second-order valence-corrected chi connectivity index (χ2v) is 9.42. The molecule has 0 aliphatic carbocycles. The highest BCUT2D eigenvalue weighted by Gasteiger charge is 2.33. The lowest BCUT2D eigenvalue weighted by atomic mass is 10.0. The summed E-state index contributed by atoms with van der Waals surface area (Å²) in [5.41, 5.74) is -0.596. The van der Waals surface area contributed by atoms with E-state index in [4.69, 9.17) is 4.74 Å². The van der Waals surface area contributed by atoms with Gasteiger partial charge in [0.15, 0.2) is 4.90 Å². The number of hydrogen-bond donors (Lipinski definition) is 2. The van der Waals surface area contributed by atoms with E-state index in [1.807, 2.05) is 13.8 Å². The molecule has 0 heterocycles. The van der Waals surface area contributed by atoms with E-state index in [9.17, 15) is 28.1 Å². The third kappa shape index (κ3) is 7.38. The van der Waals surface area contributed by atoms with Crippen LogP contribution in [0.4, 0.5) is 5.69 Å². The first-order valence-electron chi connectivity index (χ1n) is 9.53. The third-order valence-electron chi connectivity index (χ3n) is 4.18. The summed E-state index contributed by atoms with van der Waals surface area (Å²) in [5, 5.41) is 13.7. The summed E-state index contributed by atoms with van der Waals surface area (Å²) in [7, 11) is -3.18. The van der Waals surface area contributed by atoms with E-state index < -0.39 is 49.5 Å². The SMILES string of the molecule is COC(=O)C(CC(C)C)NC(=O)C(CC(C)C)NS(=O)(=O)c1ccccc1[N+](=O)[O-]. The van der Waals surface area contributed by atoms with Crippen LogP contribution in [0.3, 0.4) is 0 Å². The van der Waals surface area contributed by atoms with Crippen LogP contribution in [0, 0.1) is 22.0 Å². The molecule has 0 aliphatic heterocycles. The number of amides is 1. The molecule has 168 valence electrons. The summed E-state index contributed by atoms with van der Waals surface area (Å²) < 4.78 is 32.6. The van der Waals surface area contributed by atoms with Gasteiger partial charge in [0.2, 0.25) is 15.9 Å².